The van der Waals surface area contributed by atoms with E-state index in [2.05, 4.69) is 0 Å². The van der Waals surface area contributed by atoms with Crippen molar-refractivity contribution >= 4 is 5.91 Å². The monoisotopic (exact) mass is 155 g/mol. The molecule has 2 aliphatic rings. The summed E-state index contributed by atoms with van der Waals surface area (Å²) in [5, 5.41) is 0. The van der Waals surface area contributed by atoms with Crippen LogP contribution in [0.5, 0.6) is 0 Å². The highest BCUT2D eigenvalue weighted by Gasteiger charge is 2.39. The van der Waals surface area contributed by atoms with Crippen molar-refractivity contribution in [2.45, 2.75) is 18.9 Å². The summed E-state index contributed by atoms with van der Waals surface area (Å²) in [7, 11) is 1.85. The highest BCUT2D eigenvalue weighted by molar-refractivity contribution is 5.82. The Hall–Kier alpha value is -0.570. The second-order valence-corrected chi connectivity index (χ2v) is 3.39. The molecule has 0 saturated carbocycles. The number of nitrogens with zero attached hydrogens (tertiary/aromatic N) is 1. The molecule has 1 amide bonds. The van der Waals surface area contributed by atoms with E-state index in [0.29, 0.717) is 5.92 Å². The predicted octanol–water partition coefficient (Wildman–Crippen LogP) is 0.254. The molecule has 3 heteroatoms. The summed E-state index contributed by atoms with van der Waals surface area (Å²) >= 11 is 0. The Labute approximate surface area is 66.3 Å². The first kappa shape index (κ1) is 7.10. The molecule has 62 valence electrons. The maximum Gasteiger partial charge on any atom is 0.251 e. The average molecular weight is 155 g/mol. The maximum absolute atomic E-state index is 11.4. The highest BCUT2D eigenvalue weighted by atomic mass is 16.5. The van der Waals surface area contributed by atoms with Gasteiger partial charge in [-0.1, -0.05) is 0 Å². The lowest BCUT2D eigenvalue weighted by atomic mass is 9.93. The third kappa shape index (κ3) is 1.03. The van der Waals surface area contributed by atoms with Crippen molar-refractivity contribution in [2.75, 3.05) is 20.2 Å². The largest absolute Gasteiger partial charge is 0.368 e. The molecule has 2 fully saturated rings. The number of ether oxygens (including phenoxy) is 1. The fraction of sp³-hybridized carbons (Fsp3) is 0.875. The maximum atomic E-state index is 11.4. The summed E-state index contributed by atoms with van der Waals surface area (Å²) in [5.41, 5.74) is 0. The van der Waals surface area contributed by atoms with Crippen LogP contribution < -0.4 is 0 Å². The predicted molar refractivity (Wildman–Crippen MR) is 40.1 cm³/mol. The molecule has 2 heterocycles. The fourth-order valence-electron chi connectivity index (χ4n) is 1.89. The third-order valence-corrected chi connectivity index (χ3v) is 2.67. The number of hydrogen-bond donors (Lipinski definition) is 0. The minimum atomic E-state index is -0.103. The topological polar surface area (TPSA) is 29.5 Å². The van der Waals surface area contributed by atoms with Crippen molar-refractivity contribution in [1.82, 2.24) is 4.90 Å². The normalized spacial score (nSPS) is 37.5. The van der Waals surface area contributed by atoms with E-state index in [4.69, 9.17) is 4.74 Å². The van der Waals surface area contributed by atoms with Crippen LogP contribution in [0.1, 0.15) is 12.8 Å². The first-order valence-electron chi connectivity index (χ1n) is 4.15. The fourth-order valence-corrected chi connectivity index (χ4v) is 1.89. The summed E-state index contributed by atoms with van der Waals surface area (Å²) in [5.74, 6) is 0.692. The molecule has 0 aromatic heterocycles. The van der Waals surface area contributed by atoms with Crippen molar-refractivity contribution in [2.24, 2.45) is 5.92 Å². The molecule has 0 aliphatic carbocycles. The molecule has 2 rings (SSSR count). The summed E-state index contributed by atoms with van der Waals surface area (Å²) in [4.78, 5) is 13.2. The molecular weight excluding hydrogens is 142 g/mol. The molecule has 0 aromatic carbocycles. The lowest BCUT2D eigenvalue weighted by Gasteiger charge is -2.30. The zero-order valence-electron chi connectivity index (χ0n) is 6.75. The second kappa shape index (κ2) is 2.48. The number of fused-ring (bicyclic) bond motifs is 1. The molecule has 0 spiro atoms. The number of likely N-dealkylation sites (N-methyl/N-ethyl adjacent to an activating group) is 1. The second-order valence-electron chi connectivity index (χ2n) is 3.39. The molecule has 0 bridgehead atoms. The van der Waals surface area contributed by atoms with Gasteiger partial charge in [0, 0.05) is 20.2 Å². The zero-order chi connectivity index (χ0) is 7.84. The van der Waals surface area contributed by atoms with Gasteiger partial charge in [-0.3, -0.25) is 4.79 Å². The molecule has 0 unspecified atom stereocenters. The van der Waals surface area contributed by atoms with Crippen LogP contribution in [0, 0.1) is 5.92 Å². The SMILES string of the molecule is CN1CC[C@H]2CCO[C@H]2C1=O. The minimum Gasteiger partial charge on any atom is -0.368 e. The molecule has 11 heavy (non-hydrogen) atoms. The average Bonchev–Trinajstić information content (AvgIpc) is 2.45. The third-order valence-electron chi connectivity index (χ3n) is 2.67. The Morgan fingerprint density at radius 2 is 2.36 bits per heavy atom. The van der Waals surface area contributed by atoms with Gasteiger partial charge in [0.25, 0.3) is 5.91 Å². The van der Waals surface area contributed by atoms with Crippen molar-refractivity contribution in [3.8, 4) is 0 Å². The smallest absolute Gasteiger partial charge is 0.251 e. The number of carbonyl (C=O) groups excluding carboxylic acids is 1. The molecular formula is C8H13NO2. The van der Waals surface area contributed by atoms with E-state index in [1.807, 2.05) is 7.05 Å². The van der Waals surface area contributed by atoms with Crippen molar-refractivity contribution in [3.63, 3.8) is 0 Å². The summed E-state index contributed by atoms with van der Waals surface area (Å²) in [6.07, 6.45) is 2.09. The van der Waals surface area contributed by atoms with E-state index in [0.717, 1.165) is 26.0 Å². The van der Waals surface area contributed by atoms with Crippen LogP contribution in [-0.2, 0) is 9.53 Å². The number of hydrogen-bond acceptors (Lipinski definition) is 2. The number of likely N-dealkylation sites (tertiary alicyclic amines) is 1. The van der Waals surface area contributed by atoms with Crippen LogP contribution in [0.25, 0.3) is 0 Å². The van der Waals surface area contributed by atoms with E-state index in [9.17, 15) is 4.79 Å². The van der Waals surface area contributed by atoms with Gasteiger partial charge < -0.3 is 9.64 Å². The van der Waals surface area contributed by atoms with Crippen molar-refractivity contribution in [1.29, 1.82) is 0 Å². The van der Waals surface area contributed by atoms with Crippen LogP contribution in [0.3, 0.4) is 0 Å². The summed E-state index contributed by atoms with van der Waals surface area (Å²) < 4.78 is 5.35. The van der Waals surface area contributed by atoms with E-state index >= 15 is 0 Å². The van der Waals surface area contributed by atoms with Crippen LogP contribution >= 0.6 is 0 Å². The molecule has 0 aromatic rings. The number of carbonyl (C=O) groups is 1. The van der Waals surface area contributed by atoms with Gasteiger partial charge in [0.1, 0.15) is 6.10 Å². The van der Waals surface area contributed by atoms with Gasteiger partial charge in [0.05, 0.1) is 0 Å². The minimum absolute atomic E-state index is 0.103. The Morgan fingerprint density at radius 1 is 1.55 bits per heavy atom. The van der Waals surface area contributed by atoms with Crippen LogP contribution in [-0.4, -0.2) is 37.1 Å². The van der Waals surface area contributed by atoms with Gasteiger partial charge in [0.2, 0.25) is 0 Å². The van der Waals surface area contributed by atoms with E-state index in [-0.39, 0.29) is 12.0 Å². The molecule has 2 aliphatic heterocycles. The van der Waals surface area contributed by atoms with Gasteiger partial charge >= 0.3 is 0 Å². The van der Waals surface area contributed by atoms with Crippen LogP contribution in [0.15, 0.2) is 0 Å². The first-order chi connectivity index (χ1) is 5.29. The van der Waals surface area contributed by atoms with Crippen molar-refractivity contribution in [3.05, 3.63) is 0 Å². The van der Waals surface area contributed by atoms with Crippen molar-refractivity contribution < 1.29 is 9.53 Å². The molecule has 2 atom stereocenters. The zero-order valence-corrected chi connectivity index (χ0v) is 6.75. The molecule has 0 N–H and O–H groups in total. The number of amides is 1. The van der Waals surface area contributed by atoms with Gasteiger partial charge in [-0.15, -0.1) is 0 Å². The molecule has 2 saturated heterocycles. The standard InChI is InChI=1S/C8H13NO2/c1-9-4-2-6-3-5-11-7(6)8(9)10/h6-7H,2-5H2,1H3/t6-,7+/m0/s1. The van der Waals surface area contributed by atoms with E-state index in [1.165, 1.54) is 0 Å². The van der Waals surface area contributed by atoms with Crippen LogP contribution in [0.2, 0.25) is 0 Å². The molecule has 0 radical (unpaired) electrons. The molecule has 3 nitrogen and oxygen atoms in total. The Balaban J connectivity index is 2.12. The van der Waals surface area contributed by atoms with E-state index < -0.39 is 0 Å². The summed E-state index contributed by atoms with van der Waals surface area (Å²) in [6.45, 7) is 1.68. The van der Waals surface area contributed by atoms with Gasteiger partial charge in [-0.2, -0.15) is 0 Å². The van der Waals surface area contributed by atoms with Gasteiger partial charge in [0.15, 0.2) is 0 Å². The van der Waals surface area contributed by atoms with E-state index in [1.54, 1.807) is 4.90 Å². The van der Waals surface area contributed by atoms with Gasteiger partial charge in [-0.05, 0) is 18.8 Å². The quantitative estimate of drug-likeness (QED) is 0.502. The van der Waals surface area contributed by atoms with Gasteiger partial charge in [-0.25, -0.2) is 0 Å². The Morgan fingerprint density at radius 3 is 3.18 bits per heavy atom. The highest BCUT2D eigenvalue weighted by Crippen LogP contribution is 2.28. The Kier molecular flexibility index (Phi) is 1.60. The van der Waals surface area contributed by atoms with Crippen LogP contribution in [0.4, 0.5) is 0 Å². The lowest BCUT2D eigenvalue weighted by molar-refractivity contribution is -0.144. The number of rotatable bonds is 0. The number of piperidine rings is 1. The summed E-state index contributed by atoms with van der Waals surface area (Å²) in [6, 6.07) is 0. The Bertz CT molecular complexity index is 181. The lowest BCUT2D eigenvalue weighted by Crippen LogP contribution is -2.45. The first-order valence-corrected chi connectivity index (χ1v) is 4.15.